The first-order valence-electron chi connectivity index (χ1n) is 7.86. The minimum absolute atomic E-state index is 0.745. The minimum atomic E-state index is 0.745. The number of aryl methyl sites for hydroxylation is 1. The summed E-state index contributed by atoms with van der Waals surface area (Å²) in [5, 5.41) is 3.56. The molecule has 0 unspecified atom stereocenters. The van der Waals surface area contributed by atoms with Crippen LogP contribution >= 0.6 is 0 Å². The number of hydrogen-bond acceptors (Lipinski definition) is 3. The first-order chi connectivity index (χ1) is 10.3. The number of rotatable bonds is 4. The monoisotopic (exact) mass is 279 g/mol. The van der Waals surface area contributed by atoms with Crippen molar-refractivity contribution in [1.29, 1.82) is 0 Å². The average molecular weight is 279 g/mol. The molecule has 0 saturated heterocycles. The van der Waals surface area contributed by atoms with Gasteiger partial charge in [-0.25, -0.2) is 4.98 Å². The van der Waals surface area contributed by atoms with Gasteiger partial charge in [0.25, 0.3) is 0 Å². The van der Waals surface area contributed by atoms with Crippen LogP contribution in [0, 0.1) is 6.92 Å². The van der Waals surface area contributed by atoms with Gasteiger partial charge in [0, 0.05) is 30.5 Å². The average Bonchev–Trinajstić information content (AvgIpc) is 3.23. The van der Waals surface area contributed by atoms with Gasteiger partial charge < -0.3 is 10.2 Å². The highest BCUT2D eigenvalue weighted by molar-refractivity contribution is 5.67. The van der Waals surface area contributed by atoms with Crippen molar-refractivity contribution < 1.29 is 0 Å². The number of nitrogens with zero attached hydrogens (tertiary/aromatic N) is 2. The predicted molar refractivity (Wildman–Crippen MR) is 86.0 cm³/mol. The first kappa shape index (κ1) is 12.8. The maximum absolute atomic E-state index is 4.84. The van der Waals surface area contributed by atoms with E-state index in [0.29, 0.717) is 0 Å². The number of anilines is 2. The summed E-state index contributed by atoms with van der Waals surface area (Å²) in [5.41, 5.74) is 5.20. The van der Waals surface area contributed by atoms with Gasteiger partial charge >= 0.3 is 0 Å². The molecule has 1 fully saturated rings. The molecule has 0 spiro atoms. The van der Waals surface area contributed by atoms with Crippen LogP contribution in [-0.2, 0) is 13.0 Å². The molecule has 0 atom stereocenters. The molecule has 1 saturated carbocycles. The molecule has 108 valence electrons. The number of fused-ring (bicyclic) bond motifs is 1. The van der Waals surface area contributed by atoms with Crippen molar-refractivity contribution in [2.75, 3.05) is 11.4 Å². The highest BCUT2D eigenvalue weighted by Crippen LogP contribution is 2.33. The second-order valence-electron chi connectivity index (χ2n) is 6.10. The van der Waals surface area contributed by atoms with E-state index < -0.39 is 0 Å². The summed E-state index contributed by atoms with van der Waals surface area (Å²) in [6.07, 6.45) is 3.77. The molecule has 2 aromatic rings. The van der Waals surface area contributed by atoms with E-state index in [1.165, 1.54) is 29.7 Å². The Morgan fingerprint density at radius 2 is 2.05 bits per heavy atom. The highest BCUT2D eigenvalue weighted by Gasteiger charge is 2.22. The lowest BCUT2D eigenvalue weighted by Crippen LogP contribution is -2.18. The van der Waals surface area contributed by atoms with Gasteiger partial charge in [0.1, 0.15) is 5.82 Å². The van der Waals surface area contributed by atoms with Gasteiger partial charge in [-0.15, -0.1) is 0 Å². The number of nitrogens with one attached hydrogen (secondary N) is 1. The van der Waals surface area contributed by atoms with E-state index in [-0.39, 0.29) is 0 Å². The third-order valence-electron chi connectivity index (χ3n) is 4.50. The number of pyridine rings is 1. The van der Waals surface area contributed by atoms with Gasteiger partial charge in [-0.1, -0.05) is 24.3 Å². The lowest BCUT2D eigenvalue weighted by Gasteiger charge is -2.19. The predicted octanol–water partition coefficient (Wildman–Crippen LogP) is 3.34. The topological polar surface area (TPSA) is 28.2 Å². The first-order valence-corrected chi connectivity index (χ1v) is 7.86. The maximum atomic E-state index is 4.84. The maximum Gasteiger partial charge on any atom is 0.133 e. The van der Waals surface area contributed by atoms with Crippen LogP contribution in [-0.4, -0.2) is 17.6 Å². The zero-order valence-corrected chi connectivity index (χ0v) is 12.5. The van der Waals surface area contributed by atoms with Crippen molar-refractivity contribution in [2.24, 2.45) is 0 Å². The Hall–Kier alpha value is -1.87. The Labute approximate surface area is 126 Å². The summed E-state index contributed by atoms with van der Waals surface area (Å²) in [6.45, 7) is 4.10. The third kappa shape index (κ3) is 2.54. The lowest BCUT2D eigenvalue weighted by atomic mass is 10.2. The molecular weight excluding hydrogens is 258 g/mol. The smallest absolute Gasteiger partial charge is 0.133 e. The largest absolute Gasteiger partial charge is 0.326 e. The lowest BCUT2D eigenvalue weighted by molar-refractivity contribution is 0.682. The Bertz CT molecular complexity index is 661. The summed E-state index contributed by atoms with van der Waals surface area (Å²) >= 11 is 0. The summed E-state index contributed by atoms with van der Waals surface area (Å²) in [4.78, 5) is 7.17. The standard InChI is InChI=1S/C18H21N3/c1-13-15(12-19-16-7-8-16)6-9-18(20-13)21-11-10-14-4-2-3-5-17(14)21/h2-6,9,16,19H,7-8,10-12H2,1H3. The summed E-state index contributed by atoms with van der Waals surface area (Å²) < 4.78 is 0. The van der Waals surface area contributed by atoms with E-state index in [2.05, 4.69) is 53.5 Å². The molecule has 3 nitrogen and oxygen atoms in total. The summed E-state index contributed by atoms with van der Waals surface area (Å²) in [5.74, 6) is 1.08. The molecule has 1 aliphatic heterocycles. The summed E-state index contributed by atoms with van der Waals surface area (Å²) in [6, 6.07) is 13.8. The Balaban J connectivity index is 1.57. The van der Waals surface area contributed by atoms with E-state index in [9.17, 15) is 0 Å². The van der Waals surface area contributed by atoms with E-state index in [0.717, 1.165) is 37.1 Å². The molecular formula is C18H21N3. The Morgan fingerprint density at radius 1 is 1.19 bits per heavy atom. The minimum Gasteiger partial charge on any atom is -0.326 e. The number of aromatic nitrogens is 1. The van der Waals surface area contributed by atoms with Gasteiger partial charge in [0.05, 0.1) is 0 Å². The van der Waals surface area contributed by atoms with Crippen molar-refractivity contribution in [3.63, 3.8) is 0 Å². The van der Waals surface area contributed by atoms with Crippen LogP contribution in [0.2, 0.25) is 0 Å². The Morgan fingerprint density at radius 3 is 2.86 bits per heavy atom. The molecule has 3 heteroatoms. The van der Waals surface area contributed by atoms with Crippen molar-refractivity contribution in [1.82, 2.24) is 10.3 Å². The van der Waals surface area contributed by atoms with Gasteiger partial charge in [0.15, 0.2) is 0 Å². The van der Waals surface area contributed by atoms with Crippen molar-refractivity contribution in [3.05, 3.63) is 53.2 Å². The number of hydrogen-bond donors (Lipinski definition) is 1. The van der Waals surface area contributed by atoms with Crippen molar-refractivity contribution >= 4 is 11.5 Å². The Kier molecular flexibility index (Phi) is 3.15. The quantitative estimate of drug-likeness (QED) is 0.930. The highest BCUT2D eigenvalue weighted by atomic mass is 15.2. The van der Waals surface area contributed by atoms with Crippen LogP contribution in [0.1, 0.15) is 29.7 Å². The molecule has 2 aliphatic rings. The molecule has 0 bridgehead atoms. The van der Waals surface area contributed by atoms with Crippen LogP contribution in [0.25, 0.3) is 0 Å². The van der Waals surface area contributed by atoms with Gasteiger partial charge in [-0.2, -0.15) is 0 Å². The van der Waals surface area contributed by atoms with E-state index >= 15 is 0 Å². The van der Waals surface area contributed by atoms with E-state index in [1.807, 2.05) is 0 Å². The molecule has 4 rings (SSSR count). The molecule has 1 N–H and O–H groups in total. The molecule has 0 radical (unpaired) electrons. The van der Waals surface area contributed by atoms with Crippen LogP contribution in [0.4, 0.5) is 11.5 Å². The number of para-hydroxylation sites is 1. The van der Waals surface area contributed by atoms with E-state index in [4.69, 9.17) is 4.98 Å². The summed E-state index contributed by atoms with van der Waals surface area (Å²) in [7, 11) is 0. The van der Waals surface area contributed by atoms with Crippen LogP contribution in [0.3, 0.4) is 0 Å². The molecule has 21 heavy (non-hydrogen) atoms. The normalized spacial score (nSPS) is 17.1. The van der Waals surface area contributed by atoms with Crippen molar-refractivity contribution in [2.45, 2.75) is 38.8 Å². The van der Waals surface area contributed by atoms with Gasteiger partial charge in [0.2, 0.25) is 0 Å². The second-order valence-corrected chi connectivity index (χ2v) is 6.10. The van der Waals surface area contributed by atoms with Crippen LogP contribution < -0.4 is 10.2 Å². The van der Waals surface area contributed by atoms with Gasteiger partial charge in [-0.05, 0) is 49.4 Å². The molecule has 2 heterocycles. The third-order valence-corrected chi connectivity index (χ3v) is 4.50. The fourth-order valence-corrected chi connectivity index (χ4v) is 3.03. The zero-order chi connectivity index (χ0) is 14.2. The molecule has 1 aliphatic carbocycles. The number of benzene rings is 1. The van der Waals surface area contributed by atoms with Crippen LogP contribution in [0.15, 0.2) is 36.4 Å². The van der Waals surface area contributed by atoms with Crippen molar-refractivity contribution in [3.8, 4) is 0 Å². The second kappa shape index (κ2) is 5.15. The van der Waals surface area contributed by atoms with Crippen LogP contribution in [0.5, 0.6) is 0 Å². The van der Waals surface area contributed by atoms with Gasteiger partial charge in [-0.3, -0.25) is 0 Å². The van der Waals surface area contributed by atoms with E-state index in [1.54, 1.807) is 0 Å². The molecule has 0 amide bonds. The SMILES string of the molecule is Cc1nc(N2CCc3ccccc32)ccc1CNC1CC1. The fraction of sp³-hybridized carbons (Fsp3) is 0.389. The zero-order valence-electron chi connectivity index (χ0n) is 12.5. The fourth-order valence-electron chi connectivity index (χ4n) is 3.03. The molecule has 1 aromatic heterocycles. The molecule has 1 aromatic carbocycles.